The molecule has 4 heterocycles. The molecule has 126 valence electrons. The van der Waals surface area contributed by atoms with Gasteiger partial charge in [0, 0.05) is 24.7 Å². The molecule has 9 nitrogen and oxygen atoms in total. The molecule has 0 aliphatic carbocycles. The lowest BCUT2D eigenvalue weighted by Crippen LogP contribution is -2.40. The zero-order chi connectivity index (χ0) is 16.5. The van der Waals surface area contributed by atoms with Crippen molar-refractivity contribution in [2.24, 2.45) is 0 Å². The van der Waals surface area contributed by atoms with Gasteiger partial charge >= 0.3 is 0 Å². The van der Waals surface area contributed by atoms with E-state index in [4.69, 9.17) is 4.74 Å². The lowest BCUT2D eigenvalue weighted by atomic mass is 10.2. The van der Waals surface area contributed by atoms with Crippen LogP contribution in [0.25, 0.3) is 5.78 Å². The molecule has 0 spiro atoms. The molecule has 1 aliphatic heterocycles. The number of hydrogen-bond acceptors (Lipinski definition) is 7. The van der Waals surface area contributed by atoms with Gasteiger partial charge in [0.1, 0.15) is 24.1 Å². The normalized spacial score (nSPS) is 18.4. The summed E-state index contributed by atoms with van der Waals surface area (Å²) in [6.07, 6.45) is 3.05. The van der Waals surface area contributed by atoms with Crippen molar-refractivity contribution < 1.29 is 4.74 Å². The standard InChI is InChI=1S/C15H20N8O/c1-3-10-7-13(23-15(18-10)16-9-17-23)22-5-6-24-11(8-22)14-19-12(4-2)20-21-14/h7,9,11H,3-6,8H2,1-2H3,(H,19,20,21). The maximum absolute atomic E-state index is 5.88. The molecule has 1 saturated heterocycles. The first-order valence-corrected chi connectivity index (χ1v) is 8.25. The molecule has 1 unspecified atom stereocenters. The Morgan fingerprint density at radius 3 is 3.00 bits per heavy atom. The number of morpholine rings is 1. The second-order valence-electron chi connectivity index (χ2n) is 5.73. The number of anilines is 1. The molecule has 3 aromatic heterocycles. The van der Waals surface area contributed by atoms with Crippen molar-refractivity contribution in [1.29, 1.82) is 0 Å². The molecule has 0 amide bonds. The van der Waals surface area contributed by atoms with Crippen LogP contribution in [0.15, 0.2) is 12.4 Å². The lowest BCUT2D eigenvalue weighted by Gasteiger charge is -2.33. The number of fused-ring (bicyclic) bond motifs is 1. The number of ether oxygens (including phenoxy) is 1. The van der Waals surface area contributed by atoms with Gasteiger partial charge in [-0.3, -0.25) is 5.10 Å². The Hall–Kier alpha value is -2.55. The lowest BCUT2D eigenvalue weighted by molar-refractivity contribution is 0.0338. The monoisotopic (exact) mass is 328 g/mol. The highest BCUT2D eigenvalue weighted by atomic mass is 16.5. The molecule has 0 radical (unpaired) electrons. The van der Waals surface area contributed by atoms with Crippen molar-refractivity contribution in [1.82, 2.24) is 34.8 Å². The molecular weight excluding hydrogens is 308 g/mol. The number of nitrogens with zero attached hydrogens (tertiary/aromatic N) is 7. The van der Waals surface area contributed by atoms with Crippen LogP contribution in [0.3, 0.4) is 0 Å². The molecule has 24 heavy (non-hydrogen) atoms. The van der Waals surface area contributed by atoms with Crippen LogP contribution in [0, 0.1) is 0 Å². The third-order valence-corrected chi connectivity index (χ3v) is 4.21. The van der Waals surface area contributed by atoms with Gasteiger partial charge in [-0.25, -0.2) is 9.97 Å². The predicted molar refractivity (Wildman–Crippen MR) is 86.8 cm³/mol. The van der Waals surface area contributed by atoms with Crippen LogP contribution in [0.1, 0.15) is 37.3 Å². The van der Waals surface area contributed by atoms with Gasteiger partial charge < -0.3 is 9.64 Å². The average Bonchev–Trinajstić information content (AvgIpc) is 3.29. The number of nitrogens with one attached hydrogen (secondary N) is 1. The third kappa shape index (κ3) is 2.60. The van der Waals surface area contributed by atoms with Crippen molar-refractivity contribution in [3.63, 3.8) is 0 Å². The highest BCUT2D eigenvalue weighted by Crippen LogP contribution is 2.25. The van der Waals surface area contributed by atoms with Gasteiger partial charge in [0.05, 0.1) is 13.2 Å². The van der Waals surface area contributed by atoms with Crippen molar-refractivity contribution in [3.8, 4) is 0 Å². The molecule has 4 rings (SSSR count). The molecule has 9 heteroatoms. The highest BCUT2D eigenvalue weighted by Gasteiger charge is 2.27. The zero-order valence-corrected chi connectivity index (χ0v) is 13.8. The SMILES string of the molecule is CCc1cc(N2CCOC(c3n[nH]c(CC)n3)C2)n2ncnc2n1. The van der Waals surface area contributed by atoms with Gasteiger partial charge in [0.15, 0.2) is 5.82 Å². The van der Waals surface area contributed by atoms with Crippen LogP contribution in [0.4, 0.5) is 5.82 Å². The van der Waals surface area contributed by atoms with Gasteiger partial charge in [-0.2, -0.15) is 19.7 Å². The molecular formula is C15H20N8O. The quantitative estimate of drug-likeness (QED) is 0.761. The fraction of sp³-hybridized carbons (Fsp3) is 0.533. The van der Waals surface area contributed by atoms with E-state index in [0.29, 0.717) is 24.8 Å². The van der Waals surface area contributed by atoms with Gasteiger partial charge in [-0.1, -0.05) is 13.8 Å². The number of aryl methyl sites for hydroxylation is 2. The van der Waals surface area contributed by atoms with E-state index in [1.165, 1.54) is 6.33 Å². The molecule has 3 aromatic rings. The highest BCUT2D eigenvalue weighted by molar-refractivity contribution is 5.48. The van der Waals surface area contributed by atoms with Crippen LogP contribution in [0.2, 0.25) is 0 Å². The first-order chi connectivity index (χ1) is 11.8. The van der Waals surface area contributed by atoms with Gasteiger partial charge in [0.25, 0.3) is 5.78 Å². The number of H-pyrrole nitrogens is 1. The Bertz CT molecular complexity index is 841. The van der Waals surface area contributed by atoms with E-state index >= 15 is 0 Å². The topological polar surface area (TPSA) is 97.1 Å². The van der Waals surface area contributed by atoms with E-state index in [2.05, 4.69) is 48.1 Å². The summed E-state index contributed by atoms with van der Waals surface area (Å²) in [5, 5.41) is 11.6. The molecule has 1 N–H and O–H groups in total. The minimum Gasteiger partial charge on any atom is -0.366 e. The summed E-state index contributed by atoms with van der Waals surface area (Å²) in [6.45, 7) is 6.19. The Morgan fingerprint density at radius 2 is 2.21 bits per heavy atom. The smallest absolute Gasteiger partial charge is 0.254 e. The maximum atomic E-state index is 5.88. The summed E-state index contributed by atoms with van der Waals surface area (Å²) in [5.74, 6) is 3.19. The third-order valence-electron chi connectivity index (χ3n) is 4.21. The summed E-state index contributed by atoms with van der Waals surface area (Å²) < 4.78 is 7.65. The molecule has 1 fully saturated rings. The van der Waals surface area contributed by atoms with Gasteiger partial charge in [-0.15, -0.1) is 0 Å². The van der Waals surface area contributed by atoms with Crippen LogP contribution in [0.5, 0.6) is 0 Å². The van der Waals surface area contributed by atoms with Crippen LogP contribution < -0.4 is 4.90 Å². The van der Waals surface area contributed by atoms with Gasteiger partial charge in [-0.05, 0) is 6.42 Å². The Balaban J connectivity index is 1.65. The van der Waals surface area contributed by atoms with Crippen molar-refractivity contribution in [2.45, 2.75) is 32.8 Å². The summed E-state index contributed by atoms with van der Waals surface area (Å²) >= 11 is 0. The Kier molecular flexibility index (Phi) is 3.85. The van der Waals surface area contributed by atoms with E-state index in [1.54, 1.807) is 4.52 Å². The summed E-state index contributed by atoms with van der Waals surface area (Å²) in [6, 6.07) is 2.07. The minimum atomic E-state index is -0.160. The Morgan fingerprint density at radius 1 is 1.29 bits per heavy atom. The average molecular weight is 328 g/mol. The van der Waals surface area contributed by atoms with Crippen LogP contribution in [-0.2, 0) is 17.6 Å². The summed E-state index contributed by atoms with van der Waals surface area (Å²) in [4.78, 5) is 15.5. The van der Waals surface area contributed by atoms with E-state index in [0.717, 1.165) is 36.7 Å². The fourth-order valence-electron chi connectivity index (χ4n) is 2.88. The first-order valence-electron chi connectivity index (χ1n) is 8.25. The largest absolute Gasteiger partial charge is 0.366 e. The van der Waals surface area contributed by atoms with E-state index in [1.807, 2.05) is 6.92 Å². The molecule has 0 aromatic carbocycles. The summed E-state index contributed by atoms with van der Waals surface area (Å²) in [5.41, 5.74) is 1.000. The number of rotatable bonds is 4. The number of aromatic amines is 1. The molecule has 0 saturated carbocycles. The van der Waals surface area contributed by atoms with Crippen molar-refractivity contribution in [2.75, 3.05) is 24.6 Å². The molecule has 1 aliphatic rings. The molecule has 1 atom stereocenters. The molecule has 0 bridgehead atoms. The van der Waals surface area contributed by atoms with E-state index in [-0.39, 0.29) is 6.10 Å². The van der Waals surface area contributed by atoms with E-state index in [9.17, 15) is 0 Å². The fourth-order valence-corrected chi connectivity index (χ4v) is 2.88. The zero-order valence-electron chi connectivity index (χ0n) is 13.8. The second kappa shape index (κ2) is 6.16. The first kappa shape index (κ1) is 15.0. The summed E-state index contributed by atoms with van der Waals surface area (Å²) in [7, 11) is 0. The van der Waals surface area contributed by atoms with Crippen LogP contribution in [-0.4, -0.2) is 54.5 Å². The predicted octanol–water partition coefficient (Wildman–Crippen LogP) is 0.945. The minimum absolute atomic E-state index is 0.160. The van der Waals surface area contributed by atoms with Crippen LogP contribution >= 0.6 is 0 Å². The second-order valence-corrected chi connectivity index (χ2v) is 5.73. The van der Waals surface area contributed by atoms with E-state index < -0.39 is 0 Å². The maximum Gasteiger partial charge on any atom is 0.254 e. The Labute approximate surface area is 139 Å². The van der Waals surface area contributed by atoms with Crippen molar-refractivity contribution >= 4 is 11.6 Å². The van der Waals surface area contributed by atoms with Crippen molar-refractivity contribution in [3.05, 3.63) is 29.7 Å². The number of hydrogen-bond donors (Lipinski definition) is 1. The number of aromatic nitrogens is 7. The van der Waals surface area contributed by atoms with Gasteiger partial charge in [0.2, 0.25) is 0 Å².